The molecule has 8 nitrogen and oxygen atoms in total. The summed E-state index contributed by atoms with van der Waals surface area (Å²) in [7, 11) is -3.84. The minimum absolute atomic E-state index is 0.00746. The van der Waals surface area contributed by atoms with Crippen LogP contribution in [0.25, 0.3) is 11.0 Å². The number of fused-ring (bicyclic) bond motifs is 1. The Hall–Kier alpha value is -3.33. The number of benzene rings is 2. The van der Waals surface area contributed by atoms with E-state index in [1.807, 2.05) is 0 Å². The molecule has 4 N–H and O–H groups in total. The SMILES string of the molecule is C=CCNC(=O)c1ccc(NS(=O)(=O)c2ccc3[nH]c(=O)[nH]c3c2)cc1. The first-order valence-electron chi connectivity index (χ1n) is 7.63. The zero-order valence-electron chi connectivity index (χ0n) is 13.6. The van der Waals surface area contributed by atoms with Gasteiger partial charge in [0.15, 0.2) is 0 Å². The summed E-state index contributed by atoms with van der Waals surface area (Å²) in [5, 5.41) is 2.63. The Morgan fingerprint density at radius 1 is 1.08 bits per heavy atom. The number of carbonyl (C=O) groups excluding carboxylic acids is 1. The van der Waals surface area contributed by atoms with Crippen molar-refractivity contribution >= 4 is 32.7 Å². The van der Waals surface area contributed by atoms with Crippen molar-refractivity contribution in [3.8, 4) is 0 Å². The average molecular weight is 372 g/mol. The number of hydrogen-bond donors (Lipinski definition) is 4. The fourth-order valence-corrected chi connectivity index (χ4v) is 3.43. The number of rotatable bonds is 6. The number of hydrogen-bond acceptors (Lipinski definition) is 4. The van der Waals surface area contributed by atoms with Crippen LogP contribution in [0, 0.1) is 0 Å². The highest BCUT2D eigenvalue weighted by atomic mass is 32.2. The molecule has 0 aliphatic carbocycles. The first kappa shape index (κ1) is 17.5. The fourth-order valence-electron chi connectivity index (χ4n) is 2.35. The first-order chi connectivity index (χ1) is 12.4. The Labute approximate surface area is 149 Å². The highest BCUT2D eigenvalue weighted by Gasteiger charge is 2.16. The van der Waals surface area contributed by atoms with Gasteiger partial charge in [0.25, 0.3) is 15.9 Å². The van der Waals surface area contributed by atoms with Crippen LogP contribution in [0.3, 0.4) is 0 Å². The van der Waals surface area contributed by atoms with E-state index in [1.165, 1.54) is 42.5 Å². The summed E-state index contributed by atoms with van der Waals surface area (Å²) in [4.78, 5) is 28.2. The lowest BCUT2D eigenvalue weighted by molar-refractivity contribution is 0.0958. The predicted molar refractivity (Wildman–Crippen MR) is 98.7 cm³/mol. The van der Waals surface area contributed by atoms with Gasteiger partial charge >= 0.3 is 5.69 Å². The molecule has 1 heterocycles. The van der Waals surface area contributed by atoms with Crippen LogP contribution in [-0.4, -0.2) is 30.8 Å². The van der Waals surface area contributed by atoms with Gasteiger partial charge < -0.3 is 15.3 Å². The Balaban J connectivity index is 1.80. The average Bonchev–Trinajstić information content (AvgIpc) is 2.99. The zero-order valence-corrected chi connectivity index (χ0v) is 14.4. The molecule has 134 valence electrons. The summed E-state index contributed by atoms with van der Waals surface area (Å²) in [5.41, 5.74) is 1.22. The number of amides is 1. The van der Waals surface area contributed by atoms with E-state index in [-0.39, 0.29) is 10.8 Å². The van der Waals surface area contributed by atoms with Gasteiger partial charge in [-0.1, -0.05) is 6.08 Å². The number of imidazole rings is 1. The number of nitrogens with one attached hydrogen (secondary N) is 4. The third-order valence-corrected chi connectivity index (χ3v) is 4.98. The maximum atomic E-state index is 12.5. The highest BCUT2D eigenvalue weighted by molar-refractivity contribution is 7.92. The highest BCUT2D eigenvalue weighted by Crippen LogP contribution is 2.19. The van der Waals surface area contributed by atoms with Gasteiger partial charge in [0.05, 0.1) is 15.9 Å². The minimum Gasteiger partial charge on any atom is -0.349 e. The zero-order chi connectivity index (χ0) is 18.7. The minimum atomic E-state index is -3.84. The van der Waals surface area contributed by atoms with Gasteiger partial charge in [-0.3, -0.25) is 9.52 Å². The molecule has 3 rings (SSSR count). The van der Waals surface area contributed by atoms with E-state index in [0.717, 1.165) is 0 Å². The van der Waals surface area contributed by atoms with Gasteiger partial charge in [-0.05, 0) is 42.5 Å². The summed E-state index contributed by atoms with van der Waals surface area (Å²) in [6.45, 7) is 3.86. The van der Waals surface area contributed by atoms with Gasteiger partial charge in [0, 0.05) is 17.8 Å². The Morgan fingerprint density at radius 3 is 2.46 bits per heavy atom. The Kier molecular flexibility index (Phi) is 4.63. The molecular weight excluding hydrogens is 356 g/mol. The molecule has 26 heavy (non-hydrogen) atoms. The monoisotopic (exact) mass is 372 g/mol. The molecule has 0 saturated heterocycles. The molecule has 0 unspecified atom stereocenters. The van der Waals surface area contributed by atoms with Crippen molar-refractivity contribution < 1.29 is 13.2 Å². The van der Waals surface area contributed by atoms with Gasteiger partial charge in [-0.15, -0.1) is 6.58 Å². The predicted octanol–water partition coefficient (Wildman–Crippen LogP) is 1.57. The van der Waals surface area contributed by atoms with E-state index in [4.69, 9.17) is 0 Å². The van der Waals surface area contributed by atoms with Crippen molar-refractivity contribution in [2.45, 2.75) is 4.90 Å². The number of anilines is 1. The molecule has 9 heteroatoms. The molecule has 0 spiro atoms. The van der Waals surface area contributed by atoms with Crippen molar-refractivity contribution in [2.75, 3.05) is 11.3 Å². The third-order valence-electron chi connectivity index (χ3n) is 3.60. The fraction of sp³-hybridized carbons (Fsp3) is 0.0588. The second-order valence-electron chi connectivity index (χ2n) is 5.47. The molecule has 0 aliphatic heterocycles. The third kappa shape index (κ3) is 3.67. The second-order valence-corrected chi connectivity index (χ2v) is 7.15. The normalized spacial score (nSPS) is 11.2. The Morgan fingerprint density at radius 2 is 1.77 bits per heavy atom. The van der Waals surface area contributed by atoms with Crippen LogP contribution in [0.4, 0.5) is 5.69 Å². The lowest BCUT2D eigenvalue weighted by Gasteiger charge is -2.09. The van der Waals surface area contributed by atoms with Crippen LogP contribution in [0.2, 0.25) is 0 Å². The topological polar surface area (TPSA) is 124 Å². The van der Waals surface area contributed by atoms with Crippen LogP contribution in [0.5, 0.6) is 0 Å². The second kappa shape index (κ2) is 6.89. The van der Waals surface area contributed by atoms with Gasteiger partial charge in [0.1, 0.15) is 0 Å². The van der Waals surface area contributed by atoms with E-state index >= 15 is 0 Å². The van der Waals surface area contributed by atoms with Crippen molar-refractivity contribution in [1.29, 1.82) is 0 Å². The van der Waals surface area contributed by atoms with Crippen LogP contribution >= 0.6 is 0 Å². The summed E-state index contributed by atoms with van der Waals surface area (Å²) >= 11 is 0. The smallest absolute Gasteiger partial charge is 0.323 e. The van der Waals surface area contributed by atoms with Crippen molar-refractivity contribution in [3.63, 3.8) is 0 Å². The molecule has 0 atom stereocenters. The van der Waals surface area contributed by atoms with E-state index in [2.05, 4.69) is 26.6 Å². The van der Waals surface area contributed by atoms with Crippen LogP contribution in [0.15, 0.2) is 64.8 Å². The van der Waals surface area contributed by atoms with Gasteiger partial charge in [-0.25, -0.2) is 13.2 Å². The molecule has 0 saturated carbocycles. The van der Waals surface area contributed by atoms with Crippen LogP contribution in [-0.2, 0) is 10.0 Å². The molecular formula is C17H16N4O4S. The van der Waals surface area contributed by atoms with E-state index in [0.29, 0.717) is 28.8 Å². The van der Waals surface area contributed by atoms with E-state index in [9.17, 15) is 18.0 Å². The number of aromatic nitrogens is 2. The Bertz CT molecular complexity index is 1130. The maximum absolute atomic E-state index is 12.5. The molecule has 0 radical (unpaired) electrons. The summed E-state index contributed by atoms with van der Waals surface area (Å²) in [6.07, 6.45) is 1.56. The molecule has 0 fully saturated rings. The number of carbonyl (C=O) groups is 1. The quantitative estimate of drug-likeness (QED) is 0.490. The van der Waals surface area contributed by atoms with E-state index < -0.39 is 15.7 Å². The maximum Gasteiger partial charge on any atom is 0.323 e. The van der Waals surface area contributed by atoms with Gasteiger partial charge in [-0.2, -0.15) is 0 Å². The van der Waals surface area contributed by atoms with Gasteiger partial charge in [0.2, 0.25) is 0 Å². The standard InChI is InChI=1S/C17H16N4O4S/c1-2-9-18-16(22)11-3-5-12(6-4-11)21-26(24,25)13-7-8-14-15(10-13)20-17(23)19-14/h2-8,10,21H,1,9H2,(H,18,22)(H2,19,20,23). The largest absolute Gasteiger partial charge is 0.349 e. The van der Waals surface area contributed by atoms with Crippen molar-refractivity contribution in [1.82, 2.24) is 15.3 Å². The lowest BCUT2D eigenvalue weighted by atomic mass is 10.2. The van der Waals surface area contributed by atoms with Crippen molar-refractivity contribution in [2.24, 2.45) is 0 Å². The molecule has 1 amide bonds. The summed E-state index contributed by atoms with van der Waals surface area (Å²) < 4.78 is 27.5. The van der Waals surface area contributed by atoms with Crippen LogP contribution in [0.1, 0.15) is 10.4 Å². The van der Waals surface area contributed by atoms with Crippen molar-refractivity contribution in [3.05, 3.63) is 71.2 Å². The van der Waals surface area contributed by atoms with Crippen LogP contribution < -0.4 is 15.7 Å². The number of H-pyrrole nitrogens is 2. The molecule has 1 aromatic heterocycles. The molecule has 0 bridgehead atoms. The number of sulfonamides is 1. The molecule has 3 aromatic rings. The lowest BCUT2D eigenvalue weighted by Crippen LogP contribution is -2.23. The summed E-state index contributed by atoms with van der Waals surface area (Å²) in [6, 6.07) is 10.3. The summed E-state index contributed by atoms with van der Waals surface area (Å²) in [5.74, 6) is -0.277. The van der Waals surface area contributed by atoms with E-state index in [1.54, 1.807) is 6.08 Å². The molecule has 2 aromatic carbocycles. The first-order valence-corrected chi connectivity index (χ1v) is 9.11. The molecule has 0 aliphatic rings. The number of aromatic amines is 2.